The number of aromatic nitrogens is 1. The Hall–Kier alpha value is -1.84. The van der Waals surface area contributed by atoms with E-state index in [0.717, 1.165) is 19.7 Å². The van der Waals surface area contributed by atoms with E-state index in [0.29, 0.717) is 6.04 Å². The van der Waals surface area contributed by atoms with Crippen molar-refractivity contribution in [3.63, 3.8) is 0 Å². The molecule has 116 valence electrons. The van der Waals surface area contributed by atoms with E-state index in [1.54, 1.807) is 7.11 Å². The van der Waals surface area contributed by atoms with E-state index < -0.39 is 0 Å². The van der Waals surface area contributed by atoms with E-state index in [1.165, 1.54) is 27.4 Å². The van der Waals surface area contributed by atoms with Gasteiger partial charge in [-0.05, 0) is 32.0 Å². The minimum Gasteiger partial charge on any atom is -0.379 e. The maximum absolute atomic E-state index is 5.20. The van der Waals surface area contributed by atoms with E-state index >= 15 is 0 Å². The molecule has 1 atom stereocenters. The average Bonchev–Trinajstić information content (AvgIpc) is 2.86. The van der Waals surface area contributed by atoms with Crippen LogP contribution in [0.1, 0.15) is 19.4 Å². The summed E-state index contributed by atoms with van der Waals surface area (Å²) in [6, 6.07) is 16.0. The van der Waals surface area contributed by atoms with Crippen molar-refractivity contribution in [1.29, 1.82) is 0 Å². The molecule has 1 heterocycles. The molecule has 0 unspecified atom stereocenters. The Labute approximate surface area is 131 Å². The standard InChI is InChI=1S/C19H24N2O/c1-4-21-18-8-6-5-7-16(18)17-11-15(9-10-19(17)21)12-20-14(2)13-22-3/h5-11,14,20H,4,12-13H2,1-3H3/p+1/t14-/m0/s1. The van der Waals surface area contributed by atoms with Gasteiger partial charge in [-0.15, -0.1) is 0 Å². The van der Waals surface area contributed by atoms with Gasteiger partial charge in [0.15, 0.2) is 0 Å². The number of quaternary nitrogens is 1. The molecule has 2 N–H and O–H groups in total. The fourth-order valence-electron chi connectivity index (χ4n) is 3.24. The Kier molecular flexibility index (Phi) is 4.46. The monoisotopic (exact) mass is 297 g/mol. The van der Waals surface area contributed by atoms with Crippen molar-refractivity contribution in [2.75, 3.05) is 13.7 Å². The summed E-state index contributed by atoms with van der Waals surface area (Å²) in [4.78, 5) is 0. The molecule has 0 fully saturated rings. The number of fused-ring (bicyclic) bond motifs is 3. The molecule has 0 radical (unpaired) electrons. The lowest BCUT2D eigenvalue weighted by Gasteiger charge is -2.09. The molecule has 2 aromatic carbocycles. The minimum atomic E-state index is 0.484. The molecule has 3 nitrogen and oxygen atoms in total. The number of nitrogens with two attached hydrogens (primary N) is 1. The fraction of sp³-hybridized carbons (Fsp3) is 0.368. The van der Waals surface area contributed by atoms with Gasteiger partial charge in [0.05, 0.1) is 6.61 Å². The zero-order valence-electron chi connectivity index (χ0n) is 13.7. The van der Waals surface area contributed by atoms with Gasteiger partial charge < -0.3 is 14.6 Å². The van der Waals surface area contributed by atoms with Gasteiger partial charge in [0.1, 0.15) is 12.6 Å². The molecule has 0 spiro atoms. The van der Waals surface area contributed by atoms with Crippen molar-refractivity contribution < 1.29 is 10.1 Å². The van der Waals surface area contributed by atoms with Crippen LogP contribution >= 0.6 is 0 Å². The van der Waals surface area contributed by atoms with Gasteiger partial charge in [-0.1, -0.05) is 24.3 Å². The third kappa shape index (κ3) is 2.74. The summed E-state index contributed by atoms with van der Waals surface area (Å²) in [5.41, 5.74) is 4.03. The highest BCUT2D eigenvalue weighted by Gasteiger charge is 2.11. The van der Waals surface area contributed by atoms with Crippen LogP contribution < -0.4 is 5.32 Å². The molecule has 0 saturated carbocycles. The topological polar surface area (TPSA) is 30.8 Å². The molecule has 3 heteroatoms. The highest BCUT2D eigenvalue weighted by atomic mass is 16.5. The van der Waals surface area contributed by atoms with Crippen molar-refractivity contribution >= 4 is 21.8 Å². The normalized spacial score (nSPS) is 13.0. The number of hydrogen-bond acceptors (Lipinski definition) is 1. The minimum absolute atomic E-state index is 0.484. The van der Waals surface area contributed by atoms with E-state index in [4.69, 9.17) is 4.74 Å². The van der Waals surface area contributed by atoms with E-state index in [-0.39, 0.29) is 0 Å². The van der Waals surface area contributed by atoms with Crippen LogP contribution in [0.2, 0.25) is 0 Å². The number of aryl methyl sites for hydroxylation is 1. The van der Waals surface area contributed by atoms with Gasteiger partial charge in [0.2, 0.25) is 0 Å². The molecule has 0 aliphatic carbocycles. The number of para-hydroxylation sites is 1. The Bertz CT molecular complexity index is 776. The summed E-state index contributed by atoms with van der Waals surface area (Å²) in [6.45, 7) is 7.19. The van der Waals surface area contributed by atoms with Crippen LogP contribution in [0.15, 0.2) is 42.5 Å². The van der Waals surface area contributed by atoms with Gasteiger partial charge in [0.25, 0.3) is 0 Å². The van der Waals surface area contributed by atoms with E-state index in [9.17, 15) is 0 Å². The third-order valence-electron chi connectivity index (χ3n) is 4.34. The van der Waals surface area contributed by atoms with Crippen LogP contribution in [0.3, 0.4) is 0 Å². The highest BCUT2D eigenvalue weighted by Crippen LogP contribution is 2.29. The number of methoxy groups -OCH3 is 1. The molecule has 0 bridgehead atoms. The van der Waals surface area contributed by atoms with Gasteiger partial charge >= 0.3 is 0 Å². The van der Waals surface area contributed by atoms with Crippen LogP contribution in [0.4, 0.5) is 0 Å². The summed E-state index contributed by atoms with van der Waals surface area (Å²) in [6.07, 6.45) is 0. The summed E-state index contributed by atoms with van der Waals surface area (Å²) >= 11 is 0. The Balaban J connectivity index is 1.97. The molecule has 3 rings (SSSR count). The second-order valence-electron chi connectivity index (χ2n) is 5.99. The average molecular weight is 297 g/mol. The predicted octanol–water partition coefficient (Wildman–Crippen LogP) is 2.91. The number of rotatable bonds is 6. The molecule has 3 aromatic rings. The van der Waals surface area contributed by atoms with Gasteiger partial charge in [-0.2, -0.15) is 0 Å². The summed E-state index contributed by atoms with van der Waals surface area (Å²) < 4.78 is 7.60. The molecule has 0 saturated heterocycles. The van der Waals surface area contributed by atoms with Crippen LogP contribution in [0, 0.1) is 0 Å². The zero-order chi connectivity index (χ0) is 15.5. The summed E-state index contributed by atoms with van der Waals surface area (Å²) in [7, 11) is 1.76. The Morgan fingerprint density at radius 3 is 2.64 bits per heavy atom. The lowest BCUT2D eigenvalue weighted by atomic mass is 10.1. The maximum Gasteiger partial charge on any atom is 0.107 e. The van der Waals surface area contributed by atoms with Gasteiger partial charge in [0, 0.05) is 41.0 Å². The molecule has 0 aliphatic heterocycles. The van der Waals surface area contributed by atoms with Crippen molar-refractivity contribution in [3.05, 3.63) is 48.0 Å². The van der Waals surface area contributed by atoms with Gasteiger partial charge in [-0.3, -0.25) is 0 Å². The van der Waals surface area contributed by atoms with Crippen LogP contribution in [0.5, 0.6) is 0 Å². The number of ether oxygens (including phenoxy) is 1. The van der Waals surface area contributed by atoms with Crippen molar-refractivity contribution in [2.45, 2.75) is 33.0 Å². The molecule has 0 amide bonds. The smallest absolute Gasteiger partial charge is 0.107 e. The lowest BCUT2D eigenvalue weighted by Crippen LogP contribution is -2.88. The largest absolute Gasteiger partial charge is 0.379 e. The summed E-state index contributed by atoms with van der Waals surface area (Å²) in [5, 5.41) is 5.05. The molecular formula is C19H25N2O+. The molecule has 0 aliphatic rings. The second-order valence-corrected chi connectivity index (χ2v) is 5.99. The van der Waals surface area contributed by atoms with Crippen molar-refractivity contribution in [3.8, 4) is 0 Å². The number of nitrogens with zero attached hydrogens (tertiary/aromatic N) is 1. The number of hydrogen-bond donors (Lipinski definition) is 1. The first-order chi connectivity index (χ1) is 10.7. The first-order valence-electron chi connectivity index (χ1n) is 8.06. The molecular weight excluding hydrogens is 272 g/mol. The predicted molar refractivity (Wildman–Crippen MR) is 92.1 cm³/mol. The lowest BCUT2D eigenvalue weighted by molar-refractivity contribution is -0.702. The Morgan fingerprint density at radius 2 is 1.86 bits per heavy atom. The van der Waals surface area contributed by atoms with Crippen molar-refractivity contribution in [2.24, 2.45) is 0 Å². The highest BCUT2D eigenvalue weighted by molar-refractivity contribution is 6.08. The maximum atomic E-state index is 5.20. The van der Waals surface area contributed by atoms with E-state index in [1.807, 2.05) is 0 Å². The quantitative estimate of drug-likeness (QED) is 0.745. The van der Waals surface area contributed by atoms with Crippen LogP contribution in [-0.4, -0.2) is 24.3 Å². The Morgan fingerprint density at radius 1 is 1.09 bits per heavy atom. The van der Waals surface area contributed by atoms with E-state index in [2.05, 4.69) is 66.2 Å². The first kappa shape index (κ1) is 15.1. The second kappa shape index (κ2) is 6.51. The van der Waals surface area contributed by atoms with Crippen LogP contribution in [0.25, 0.3) is 21.8 Å². The van der Waals surface area contributed by atoms with Crippen LogP contribution in [-0.2, 0) is 17.8 Å². The SMILES string of the molecule is CCn1c2ccccc2c2cc(C[NH2+][C@@H](C)COC)ccc21. The summed E-state index contributed by atoms with van der Waals surface area (Å²) in [5.74, 6) is 0. The van der Waals surface area contributed by atoms with Crippen molar-refractivity contribution in [1.82, 2.24) is 4.57 Å². The zero-order valence-corrected chi connectivity index (χ0v) is 13.7. The number of benzene rings is 2. The third-order valence-corrected chi connectivity index (χ3v) is 4.34. The van der Waals surface area contributed by atoms with Gasteiger partial charge in [-0.25, -0.2) is 0 Å². The fourth-order valence-corrected chi connectivity index (χ4v) is 3.24. The molecule has 22 heavy (non-hydrogen) atoms. The molecule has 1 aromatic heterocycles. The first-order valence-corrected chi connectivity index (χ1v) is 8.06.